The molecule has 3 heterocycles. The summed E-state index contributed by atoms with van der Waals surface area (Å²) in [5.74, 6) is -0.479. The molecule has 0 aliphatic carbocycles. The molecule has 0 unspecified atom stereocenters. The van der Waals surface area contributed by atoms with Gasteiger partial charge in [-0.2, -0.15) is 0 Å². The summed E-state index contributed by atoms with van der Waals surface area (Å²) in [7, 11) is 0. The second-order valence-electron chi connectivity index (χ2n) is 5.17. The van der Waals surface area contributed by atoms with Gasteiger partial charge in [0.25, 0.3) is 11.5 Å². The molecular formula is C17H15N3O5S. The number of nitrogens with zero attached hydrogens (tertiary/aromatic N) is 1. The van der Waals surface area contributed by atoms with Gasteiger partial charge >= 0.3 is 5.97 Å². The van der Waals surface area contributed by atoms with Crippen molar-refractivity contribution >= 4 is 28.3 Å². The summed E-state index contributed by atoms with van der Waals surface area (Å²) in [6.45, 7) is 2.02. The molecule has 0 saturated carbocycles. The molecule has 9 heteroatoms. The van der Waals surface area contributed by atoms with E-state index >= 15 is 0 Å². The first-order valence-corrected chi connectivity index (χ1v) is 8.63. The van der Waals surface area contributed by atoms with Crippen LogP contribution in [0.4, 0.5) is 5.13 Å². The number of aromatic nitrogens is 2. The fraction of sp³-hybridized carbons (Fsp3) is 0.176. The SMILES string of the molecule is CCOC(=O)Cc1csc(NC(=O)c2ccc(-c3ccco3)[nH]c2=O)n1. The molecule has 0 atom stereocenters. The van der Waals surface area contributed by atoms with Gasteiger partial charge in [-0.1, -0.05) is 0 Å². The lowest BCUT2D eigenvalue weighted by molar-refractivity contribution is -0.142. The number of carbonyl (C=O) groups is 2. The summed E-state index contributed by atoms with van der Waals surface area (Å²) in [6.07, 6.45) is 1.52. The standard InChI is InChI=1S/C17H15N3O5S/c1-2-24-14(21)8-10-9-26-17(18-10)20-16(23)11-5-6-12(19-15(11)22)13-4-3-7-25-13/h3-7,9H,2,8H2,1H3,(H,19,22)(H,18,20,23). The number of thiazole rings is 1. The highest BCUT2D eigenvalue weighted by atomic mass is 32.1. The smallest absolute Gasteiger partial charge is 0.311 e. The number of aromatic amines is 1. The fourth-order valence-corrected chi connectivity index (χ4v) is 2.90. The Morgan fingerprint density at radius 3 is 2.88 bits per heavy atom. The molecule has 3 aromatic heterocycles. The van der Waals surface area contributed by atoms with Gasteiger partial charge in [0.15, 0.2) is 5.13 Å². The van der Waals surface area contributed by atoms with Crippen LogP contribution in [0.2, 0.25) is 0 Å². The number of anilines is 1. The molecule has 0 fully saturated rings. The second-order valence-corrected chi connectivity index (χ2v) is 6.03. The van der Waals surface area contributed by atoms with E-state index in [1.54, 1.807) is 30.5 Å². The van der Waals surface area contributed by atoms with Crippen molar-refractivity contribution in [3.63, 3.8) is 0 Å². The molecule has 0 saturated heterocycles. The van der Waals surface area contributed by atoms with E-state index in [0.717, 1.165) is 11.3 Å². The van der Waals surface area contributed by atoms with E-state index in [-0.39, 0.29) is 18.0 Å². The summed E-state index contributed by atoms with van der Waals surface area (Å²) in [4.78, 5) is 42.6. The van der Waals surface area contributed by atoms with Crippen molar-refractivity contribution in [1.29, 1.82) is 0 Å². The second kappa shape index (κ2) is 7.79. The summed E-state index contributed by atoms with van der Waals surface area (Å²) < 4.78 is 10.1. The molecule has 0 bridgehead atoms. The summed E-state index contributed by atoms with van der Waals surface area (Å²) >= 11 is 1.16. The van der Waals surface area contributed by atoms with E-state index in [1.807, 2.05) is 0 Å². The number of esters is 1. The number of amides is 1. The Hall–Kier alpha value is -3.20. The molecular weight excluding hydrogens is 358 g/mol. The lowest BCUT2D eigenvalue weighted by Gasteiger charge is -2.02. The third-order valence-corrected chi connectivity index (χ3v) is 4.15. The number of hydrogen-bond acceptors (Lipinski definition) is 7. The molecule has 1 amide bonds. The first-order valence-electron chi connectivity index (χ1n) is 7.75. The van der Waals surface area contributed by atoms with Crippen molar-refractivity contribution in [3.8, 4) is 11.5 Å². The Labute approximate surface area is 151 Å². The average molecular weight is 373 g/mol. The van der Waals surface area contributed by atoms with E-state index < -0.39 is 11.5 Å². The van der Waals surface area contributed by atoms with Crippen molar-refractivity contribution in [2.75, 3.05) is 11.9 Å². The van der Waals surface area contributed by atoms with Crippen LogP contribution in [0.25, 0.3) is 11.5 Å². The van der Waals surface area contributed by atoms with Crippen molar-refractivity contribution in [3.05, 3.63) is 57.5 Å². The quantitative estimate of drug-likeness (QED) is 0.642. The topological polar surface area (TPSA) is 114 Å². The average Bonchev–Trinajstić information content (AvgIpc) is 3.27. The van der Waals surface area contributed by atoms with E-state index in [1.165, 1.54) is 12.3 Å². The minimum absolute atomic E-state index is 0.0264. The molecule has 0 spiro atoms. The van der Waals surface area contributed by atoms with E-state index in [9.17, 15) is 14.4 Å². The zero-order valence-corrected chi connectivity index (χ0v) is 14.6. The summed E-state index contributed by atoms with van der Waals surface area (Å²) in [6, 6.07) is 6.40. The Morgan fingerprint density at radius 1 is 1.35 bits per heavy atom. The third-order valence-electron chi connectivity index (χ3n) is 3.34. The Kier molecular flexibility index (Phi) is 5.28. The molecule has 26 heavy (non-hydrogen) atoms. The molecule has 0 aliphatic heterocycles. The zero-order valence-electron chi connectivity index (χ0n) is 13.8. The normalized spacial score (nSPS) is 10.5. The van der Waals surface area contributed by atoms with Crippen LogP contribution in [-0.4, -0.2) is 28.5 Å². The Morgan fingerprint density at radius 2 is 2.19 bits per heavy atom. The van der Waals surface area contributed by atoms with Gasteiger partial charge in [0.1, 0.15) is 11.3 Å². The number of rotatable bonds is 6. The van der Waals surface area contributed by atoms with Crippen LogP contribution in [0.3, 0.4) is 0 Å². The van der Waals surface area contributed by atoms with Crippen LogP contribution in [0, 0.1) is 0 Å². The van der Waals surface area contributed by atoms with Gasteiger partial charge in [-0.25, -0.2) is 4.98 Å². The minimum Gasteiger partial charge on any atom is -0.466 e. The lowest BCUT2D eigenvalue weighted by Crippen LogP contribution is -2.23. The Bertz CT molecular complexity index is 974. The largest absolute Gasteiger partial charge is 0.466 e. The predicted molar refractivity (Wildman–Crippen MR) is 95.2 cm³/mol. The molecule has 0 aromatic carbocycles. The van der Waals surface area contributed by atoms with Gasteiger partial charge in [-0.3, -0.25) is 19.7 Å². The summed E-state index contributed by atoms with van der Waals surface area (Å²) in [5.41, 5.74) is 0.371. The molecule has 3 aromatic rings. The Balaban J connectivity index is 1.70. The molecule has 2 N–H and O–H groups in total. The van der Waals surface area contributed by atoms with E-state index in [2.05, 4.69) is 15.3 Å². The first-order chi connectivity index (χ1) is 12.6. The molecule has 8 nitrogen and oxygen atoms in total. The van der Waals surface area contributed by atoms with Crippen LogP contribution >= 0.6 is 11.3 Å². The highest BCUT2D eigenvalue weighted by molar-refractivity contribution is 7.14. The third kappa shape index (κ3) is 4.06. The van der Waals surface area contributed by atoms with Crippen molar-refractivity contribution in [1.82, 2.24) is 9.97 Å². The monoisotopic (exact) mass is 373 g/mol. The van der Waals surface area contributed by atoms with Gasteiger partial charge in [-0.05, 0) is 31.2 Å². The number of furan rings is 1. The molecule has 3 rings (SSSR count). The number of hydrogen-bond donors (Lipinski definition) is 2. The number of nitrogens with one attached hydrogen (secondary N) is 2. The van der Waals surface area contributed by atoms with Gasteiger partial charge in [-0.15, -0.1) is 11.3 Å². The van der Waals surface area contributed by atoms with Crippen LogP contribution in [0.1, 0.15) is 23.0 Å². The molecule has 0 aliphatic rings. The highest BCUT2D eigenvalue weighted by Crippen LogP contribution is 2.18. The van der Waals surface area contributed by atoms with Crippen molar-refractivity contribution < 1.29 is 18.7 Å². The maximum absolute atomic E-state index is 12.3. The van der Waals surface area contributed by atoms with Crippen molar-refractivity contribution in [2.24, 2.45) is 0 Å². The summed E-state index contributed by atoms with van der Waals surface area (Å²) in [5, 5.41) is 4.50. The van der Waals surface area contributed by atoms with Crippen LogP contribution in [0.15, 0.2) is 45.1 Å². The molecule has 134 valence electrons. The maximum Gasteiger partial charge on any atom is 0.311 e. The van der Waals surface area contributed by atoms with Gasteiger partial charge in [0, 0.05) is 5.38 Å². The fourth-order valence-electron chi connectivity index (χ4n) is 2.20. The number of carbonyl (C=O) groups excluding carboxylic acids is 2. The lowest BCUT2D eigenvalue weighted by atomic mass is 10.2. The molecule has 0 radical (unpaired) electrons. The van der Waals surface area contributed by atoms with E-state index in [0.29, 0.717) is 28.9 Å². The van der Waals surface area contributed by atoms with Crippen molar-refractivity contribution in [2.45, 2.75) is 13.3 Å². The van der Waals surface area contributed by atoms with Crippen LogP contribution in [-0.2, 0) is 16.0 Å². The minimum atomic E-state index is -0.589. The van der Waals surface area contributed by atoms with Crippen LogP contribution < -0.4 is 10.9 Å². The zero-order chi connectivity index (χ0) is 18.5. The number of H-pyrrole nitrogens is 1. The number of ether oxygens (including phenoxy) is 1. The number of pyridine rings is 1. The van der Waals surface area contributed by atoms with Gasteiger partial charge < -0.3 is 14.1 Å². The maximum atomic E-state index is 12.3. The first kappa shape index (κ1) is 17.6. The van der Waals surface area contributed by atoms with Gasteiger partial charge in [0.05, 0.1) is 30.7 Å². The van der Waals surface area contributed by atoms with E-state index in [4.69, 9.17) is 9.15 Å². The van der Waals surface area contributed by atoms with Crippen LogP contribution in [0.5, 0.6) is 0 Å². The van der Waals surface area contributed by atoms with Gasteiger partial charge in [0.2, 0.25) is 0 Å². The highest BCUT2D eigenvalue weighted by Gasteiger charge is 2.15. The predicted octanol–water partition coefficient (Wildman–Crippen LogP) is 2.45.